The Morgan fingerprint density at radius 3 is 1.75 bits per heavy atom. The normalized spacial score (nSPS) is 11.7. The molecule has 0 radical (unpaired) electrons. The molecular weight excluding hydrogens is 202 g/mol. The van der Waals surface area contributed by atoms with Gasteiger partial charge in [0.05, 0.1) is 13.2 Å². The summed E-state index contributed by atoms with van der Waals surface area (Å²) in [6.45, 7) is 15.9. The summed E-state index contributed by atoms with van der Waals surface area (Å²) in [6.07, 6.45) is 1.87. The van der Waals surface area contributed by atoms with Crippen LogP contribution in [0.1, 0.15) is 27.7 Å². The van der Waals surface area contributed by atoms with Gasteiger partial charge >= 0.3 is 0 Å². The molecule has 0 aromatic heterocycles. The fraction of sp³-hybridized carbons (Fsp3) is 0.846. The molecular formula is C13H27NO2. The zero-order chi connectivity index (χ0) is 12.4. The van der Waals surface area contributed by atoms with Crippen molar-refractivity contribution in [2.75, 3.05) is 33.2 Å². The largest absolute Gasteiger partial charge is 0.366 e. The highest BCUT2D eigenvalue weighted by molar-refractivity contribution is 4.70. The first-order valence-electron chi connectivity index (χ1n) is 6.05. The maximum absolute atomic E-state index is 5.57. The molecule has 0 heterocycles. The molecule has 0 aliphatic rings. The zero-order valence-corrected chi connectivity index (χ0v) is 11.2. The number of ether oxygens (including phenoxy) is 2. The van der Waals surface area contributed by atoms with E-state index in [1.165, 1.54) is 0 Å². The maximum Gasteiger partial charge on any atom is 0.101 e. The number of nitrogens with zero attached hydrogens (tertiary/aromatic N) is 1. The van der Waals surface area contributed by atoms with Crippen LogP contribution < -0.4 is 0 Å². The van der Waals surface area contributed by atoms with Gasteiger partial charge in [-0.25, -0.2) is 0 Å². The fourth-order valence-electron chi connectivity index (χ4n) is 1.16. The van der Waals surface area contributed by atoms with E-state index in [4.69, 9.17) is 9.47 Å². The third kappa shape index (κ3) is 10.1. The highest BCUT2D eigenvalue weighted by Crippen LogP contribution is 1.98. The van der Waals surface area contributed by atoms with Gasteiger partial charge in [-0.05, 0) is 11.8 Å². The molecule has 3 heteroatoms. The number of hydrogen-bond acceptors (Lipinski definition) is 3. The van der Waals surface area contributed by atoms with E-state index in [0.29, 0.717) is 25.3 Å². The van der Waals surface area contributed by atoms with Crippen molar-refractivity contribution in [2.45, 2.75) is 27.7 Å². The first-order chi connectivity index (χ1) is 7.56. The summed E-state index contributed by atoms with van der Waals surface area (Å²) in [4.78, 5) is 2.10. The minimum absolute atomic E-state index is 0.571. The fourth-order valence-corrected chi connectivity index (χ4v) is 1.16. The third-order valence-corrected chi connectivity index (χ3v) is 1.84. The smallest absolute Gasteiger partial charge is 0.101 e. The van der Waals surface area contributed by atoms with E-state index in [1.54, 1.807) is 0 Å². The Bertz CT molecular complexity index is 155. The van der Waals surface area contributed by atoms with E-state index in [1.807, 2.05) is 6.08 Å². The first-order valence-corrected chi connectivity index (χ1v) is 6.05. The van der Waals surface area contributed by atoms with E-state index in [-0.39, 0.29) is 0 Å². The summed E-state index contributed by atoms with van der Waals surface area (Å²) >= 11 is 0. The van der Waals surface area contributed by atoms with Gasteiger partial charge in [0.2, 0.25) is 0 Å². The molecule has 0 saturated heterocycles. The summed E-state index contributed by atoms with van der Waals surface area (Å²) in [5, 5.41) is 0. The van der Waals surface area contributed by atoms with Crippen molar-refractivity contribution in [3.05, 3.63) is 12.7 Å². The average Bonchev–Trinajstić information content (AvgIpc) is 2.16. The Morgan fingerprint density at radius 1 is 1.00 bits per heavy atom. The first kappa shape index (κ1) is 15.6. The highest BCUT2D eigenvalue weighted by atomic mass is 16.5. The lowest BCUT2D eigenvalue weighted by Gasteiger charge is -2.21. The van der Waals surface area contributed by atoms with Crippen molar-refractivity contribution < 1.29 is 9.47 Å². The van der Waals surface area contributed by atoms with Crippen LogP contribution in [0.2, 0.25) is 0 Å². The molecule has 0 rings (SSSR count). The molecule has 0 aromatic rings. The van der Waals surface area contributed by atoms with Crippen molar-refractivity contribution in [3.63, 3.8) is 0 Å². The molecule has 0 saturated carbocycles. The molecule has 0 spiro atoms. The van der Waals surface area contributed by atoms with Gasteiger partial charge in [-0.3, -0.25) is 4.90 Å². The van der Waals surface area contributed by atoms with E-state index in [9.17, 15) is 0 Å². The van der Waals surface area contributed by atoms with Crippen LogP contribution in [0.3, 0.4) is 0 Å². The summed E-state index contributed by atoms with van der Waals surface area (Å²) in [5.41, 5.74) is 0. The Labute approximate surface area is 100 Å². The Morgan fingerprint density at radius 2 is 1.44 bits per heavy atom. The second-order valence-electron chi connectivity index (χ2n) is 4.93. The topological polar surface area (TPSA) is 21.7 Å². The predicted octanol–water partition coefficient (Wildman–Crippen LogP) is 2.73. The van der Waals surface area contributed by atoms with E-state index in [0.717, 1.165) is 19.8 Å². The van der Waals surface area contributed by atoms with Crippen molar-refractivity contribution in [1.82, 2.24) is 4.90 Å². The Kier molecular flexibility index (Phi) is 9.59. The van der Waals surface area contributed by atoms with Gasteiger partial charge in [-0.1, -0.05) is 33.8 Å². The van der Waals surface area contributed by atoms with Gasteiger partial charge in [0, 0.05) is 6.54 Å². The molecule has 3 nitrogen and oxygen atoms in total. The molecule has 0 bridgehead atoms. The van der Waals surface area contributed by atoms with Gasteiger partial charge in [-0.2, -0.15) is 0 Å². The summed E-state index contributed by atoms with van der Waals surface area (Å²) < 4.78 is 11.1. The van der Waals surface area contributed by atoms with E-state index < -0.39 is 0 Å². The van der Waals surface area contributed by atoms with Gasteiger partial charge in [0.1, 0.15) is 13.5 Å². The minimum Gasteiger partial charge on any atom is -0.366 e. The van der Waals surface area contributed by atoms with Crippen LogP contribution in [0.15, 0.2) is 12.7 Å². The molecule has 0 N–H and O–H groups in total. The van der Waals surface area contributed by atoms with Gasteiger partial charge in [-0.15, -0.1) is 6.58 Å². The van der Waals surface area contributed by atoms with E-state index >= 15 is 0 Å². The number of rotatable bonds is 10. The van der Waals surface area contributed by atoms with Gasteiger partial charge in [0.25, 0.3) is 0 Å². The van der Waals surface area contributed by atoms with E-state index in [2.05, 4.69) is 39.2 Å². The van der Waals surface area contributed by atoms with Crippen LogP contribution >= 0.6 is 0 Å². The van der Waals surface area contributed by atoms with Crippen LogP contribution in [0.5, 0.6) is 0 Å². The van der Waals surface area contributed by atoms with Crippen LogP contribution in [-0.4, -0.2) is 38.1 Å². The van der Waals surface area contributed by atoms with Crippen molar-refractivity contribution in [2.24, 2.45) is 11.8 Å². The second kappa shape index (κ2) is 9.82. The van der Waals surface area contributed by atoms with Crippen molar-refractivity contribution in [1.29, 1.82) is 0 Å². The van der Waals surface area contributed by atoms with Crippen LogP contribution in [-0.2, 0) is 9.47 Å². The monoisotopic (exact) mass is 229 g/mol. The number of hydrogen-bond donors (Lipinski definition) is 0. The lowest BCUT2D eigenvalue weighted by Crippen LogP contribution is -2.30. The minimum atomic E-state index is 0.571. The Balaban J connectivity index is 3.65. The molecule has 0 atom stereocenters. The molecule has 0 unspecified atom stereocenters. The molecule has 0 aliphatic carbocycles. The average molecular weight is 229 g/mol. The van der Waals surface area contributed by atoms with Crippen molar-refractivity contribution in [3.8, 4) is 0 Å². The molecule has 96 valence electrons. The highest BCUT2D eigenvalue weighted by Gasteiger charge is 2.04. The zero-order valence-electron chi connectivity index (χ0n) is 11.2. The SMILES string of the molecule is C=CCN(COCC(C)C)COCC(C)C. The molecule has 0 fully saturated rings. The third-order valence-electron chi connectivity index (χ3n) is 1.84. The van der Waals surface area contributed by atoms with Crippen molar-refractivity contribution >= 4 is 0 Å². The van der Waals surface area contributed by atoms with Gasteiger partial charge < -0.3 is 9.47 Å². The standard InChI is InChI=1S/C13H27NO2/c1-6-7-14(10-15-8-12(2)3)11-16-9-13(4)5/h6,12-13H,1,7-11H2,2-5H3. The summed E-state index contributed by atoms with van der Waals surface area (Å²) in [6, 6.07) is 0. The molecule has 0 aliphatic heterocycles. The van der Waals surface area contributed by atoms with Crippen LogP contribution in [0, 0.1) is 11.8 Å². The van der Waals surface area contributed by atoms with Crippen LogP contribution in [0.4, 0.5) is 0 Å². The lowest BCUT2D eigenvalue weighted by atomic mass is 10.2. The second-order valence-corrected chi connectivity index (χ2v) is 4.93. The van der Waals surface area contributed by atoms with Gasteiger partial charge in [0.15, 0.2) is 0 Å². The Hall–Kier alpha value is -0.380. The quantitative estimate of drug-likeness (QED) is 0.425. The molecule has 0 amide bonds. The molecule has 0 aromatic carbocycles. The molecule has 16 heavy (non-hydrogen) atoms. The summed E-state index contributed by atoms with van der Waals surface area (Å²) in [5.74, 6) is 1.14. The predicted molar refractivity (Wildman–Crippen MR) is 68.2 cm³/mol. The maximum atomic E-state index is 5.57. The lowest BCUT2D eigenvalue weighted by molar-refractivity contribution is -0.0494. The van der Waals surface area contributed by atoms with Crippen LogP contribution in [0.25, 0.3) is 0 Å². The summed E-state index contributed by atoms with van der Waals surface area (Å²) in [7, 11) is 0.